The van der Waals surface area contributed by atoms with Crippen LogP contribution in [-0.2, 0) is 6.18 Å². The number of H-pyrrole nitrogens is 1. The first kappa shape index (κ1) is 24.2. The van der Waals surface area contributed by atoms with Crippen molar-refractivity contribution in [2.75, 3.05) is 5.73 Å². The molecule has 1 saturated carbocycles. The number of rotatable bonds is 4. The molecule has 0 spiro atoms. The standard InChI is InChI=1S/C24H22F4N4O3/c25-16-10-15(24(26,27)28)11-18(12-16)32-20(19(29)21(33)31-23(32)35)22(34)30-17-8-6-14(7-9-17)13-4-2-1-3-5-13/h1-5,10-12,14,17H,6-9,29H2,(H,30,34)(H,31,33,35)/t14-,17+. The van der Waals surface area contributed by atoms with Crippen molar-refractivity contribution in [2.24, 2.45) is 0 Å². The van der Waals surface area contributed by atoms with Gasteiger partial charge < -0.3 is 11.1 Å². The molecular weight excluding hydrogens is 468 g/mol. The molecular formula is C24H22F4N4O3. The maximum atomic E-state index is 14.0. The Labute approximate surface area is 196 Å². The maximum Gasteiger partial charge on any atom is 0.416 e. The van der Waals surface area contributed by atoms with Gasteiger partial charge in [-0.15, -0.1) is 0 Å². The average molecular weight is 490 g/mol. The number of carbonyl (C=O) groups excluding carboxylic acids is 1. The van der Waals surface area contributed by atoms with Crippen LogP contribution in [0.1, 0.15) is 53.2 Å². The van der Waals surface area contributed by atoms with E-state index in [1.165, 1.54) is 5.56 Å². The zero-order valence-electron chi connectivity index (χ0n) is 18.4. The number of nitrogen functional groups attached to an aromatic ring is 1. The van der Waals surface area contributed by atoms with Crippen molar-refractivity contribution < 1.29 is 22.4 Å². The summed E-state index contributed by atoms with van der Waals surface area (Å²) in [5.74, 6) is -1.87. The number of aromatic amines is 1. The van der Waals surface area contributed by atoms with Crippen molar-refractivity contribution in [3.8, 4) is 5.69 Å². The second-order valence-corrected chi connectivity index (χ2v) is 8.49. The number of halogens is 4. The van der Waals surface area contributed by atoms with Crippen molar-refractivity contribution in [1.29, 1.82) is 0 Å². The fourth-order valence-electron chi connectivity index (χ4n) is 4.44. The molecule has 0 bridgehead atoms. The normalized spacial score (nSPS) is 18.3. The summed E-state index contributed by atoms with van der Waals surface area (Å²) in [5, 5.41) is 2.72. The number of carbonyl (C=O) groups is 1. The number of alkyl halides is 3. The molecule has 0 atom stereocenters. The first-order valence-electron chi connectivity index (χ1n) is 10.9. The Balaban J connectivity index is 1.65. The van der Waals surface area contributed by atoms with Crippen LogP contribution in [-0.4, -0.2) is 21.5 Å². The zero-order valence-corrected chi connectivity index (χ0v) is 18.4. The van der Waals surface area contributed by atoms with Gasteiger partial charge >= 0.3 is 11.9 Å². The molecule has 1 fully saturated rings. The van der Waals surface area contributed by atoms with E-state index in [0.29, 0.717) is 35.5 Å². The molecule has 0 aliphatic heterocycles. The summed E-state index contributed by atoms with van der Waals surface area (Å²) in [6, 6.07) is 11.0. The second kappa shape index (κ2) is 9.40. The number of hydrogen-bond acceptors (Lipinski definition) is 4. The van der Waals surface area contributed by atoms with E-state index in [-0.39, 0.29) is 12.1 Å². The number of nitrogens with zero attached hydrogens (tertiary/aromatic N) is 1. The Kier molecular flexibility index (Phi) is 6.51. The summed E-state index contributed by atoms with van der Waals surface area (Å²) >= 11 is 0. The predicted octanol–water partition coefficient (Wildman–Crippen LogP) is 3.72. The maximum absolute atomic E-state index is 14.0. The van der Waals surface area contributed by atoms with Gasteiger partial charge in [-0.05, 0) is 55.4 Å². The molecule has 3 aromatic rings. The van der Waals surface area contributed by atoms with Gasteiger partial charge in [0, 0.05) is 6.04 Å². The number of nitrogens with one attached hydrogen (secondary N) is 2. The van der Waals surface area contributed by atoms with E-state index in [2.05, 4.69) is 5.32 Å². The average Bonchev–Trinajstić information content (AvgIpc) is 2.81. The zero-order chi connectivity index (χ0) is 25.3. The van der Waals surface area contributed by atoms with Crippen LogP contribution in [0, 0.1) is 5.82 Å². The molecule has 1 amide bonds. The smallest absolute Gasteiger partial charge is 0.392 e. The van der Waals surface area contributed by atoms with E-state index >= 15 is 0 Å². The van der Waals surface area contributed by atoms with E-state index in [0.717, 1.165) is 12.8 Å². The Morgan fingerprint density at radius 1 is 1.03 bits per heavy atom. The molecule has 184 valence electrons. The van der Waals surface area contributed by atoms with Crippen molar-refractivity contribution >= 4 is 11.6 Å². The van der Waals surface area contributed by atoms with Crippen LogP contribution < -0.4 is 22.3 Å². The Bertz CT molecular complexity index is 1360. The van der Waals surface area contributed by atoms with Crippen LogP contribution in [0.2, 0.25) is 0 Å². The lowest BCUT2D eigenvalue weighted by Gasteiger charge is -2.29. The number of aromatic nitrogens is 2. The summed E-state index contributed by atoms with van der Waals surface area (Å²) in [6.07, 6.45) is -2.13. The largest absolute Gasteiger partial charge is 0.416 e. The summed E-state index contributed by atoms with van der Waals surface area (Å²) in [6.45, 7) is 0. The molecule has 2 aromatic carbocycles. The molecule has 11 heteroatoms. The first-order valence-corrected chi connectivity index (χ1v) is 10.9. The van der Waals surface area contributed by atoms with Crippen molar-refractivity contribution in [1.82, 2.24) is 14.9 Å². The van der Waals surface area contributed by atoms with Crippen LogP contribution in [0.15, 0.2) is 58.1 Å². The van der Waals surface area contributed by atoms with Gasteiger partial charge in [-0.2, -0.15) is 13.2 Å². The monoisotopic (exact) mass is 490 g/mol. The number of nitrogens with two attached hydrogens (primary N) is 1. The van der Waals surface area contributed by atoms with Gasteiger partial charge in [0.05, 0.1) is 11.3 Å². The van der Waals surface area contributed by atoms with Crippen LogP contribution in [0.4, 0.5) is 23.2 Å². The second-order valence-electron chi connectivity index (χ2n) is 8.49. The third kappa shape index (κ3) is 5.13. The van der Waals surface area contributed by atoms with Crippen LogP contribution >= 0.6 is 0 Å². The molecule has 0 radical (unpaired) electrons. The molecule has 0 saturated heterocycles. The SMILES string of the molecule is Nc1c(C(=O)N[C@H]2CC[C@@H](c3ccccc3)CC2)n(-c2cc(F)cc(C(F)(F)F)c2)c(=O)[nH]c1=O. The van der Waals surface area contributed by atoms with E-state index in [9.17, 15) is 31.9 Å². The minimum absolute atomic E-state index is 0.258. The lowest BCUT2D eigenvalue weighted by atomic mass is 9.82. The Morgan fingerprint density at radius 2 is 1.69 bits per heavy atom. The summed E-state index contributed by atoms with van der Waals surface area (Å²) < 4.78 is 54.1. The molecule has 7 nitrogen and oxygen atoms in total. The highest BCUT2D eigenvalue weighted by molar-refractivity contribution is 5.98. The van der Waals surface area contributed by atoms with Crippen molar-refractivity contribution in [2.45, 2.75) is 43.8 Å². The number of anilines is 1. The minimum Gasteiger partial charge on any atom is -0.392 e. The van der Waals surface area contributed by atoms with E-state index in [4.69, 9.17) is 5.73 Å². The highest BCUT2D eigenvalue weighted by Crippen LogP contribution is 2.33. The number of amides is 1. The number of benzene rings is 2. The van der Waals surface area contributed by atoms with Gasteiger partial charge in [0.15, 0.2) is 0 Å². The highest BCUT2D eigenvalue weighted by atomic mass is 19.4. The van der Waals surface area contributed by atoms with Gasteiger partial charge in [0.2, 0.25) is 0 Å². The quantitative estimate of drug-likeness (QED) is 0.484. The third-order valence-corrected chi connectivity index (χ3v) is 6.16. The molecule has 4 rings (SSSR count). The van der Waals surface area contributed by atoms with Crippen LogP contribution in [0.5, 0.6) is 0 Å². The predicted molar refractivity (Wildman–Crippen MR) is 121 cm³/mol. The Hall–Kier alpha value is -3.89. The minimum atomic E-state index is -4.91. The van der Waals surface area contributed by atoms with Crippen LogP contribution in [0.3, 0.4) is 0 Å². The van der Waals surface area contributed by atoms with Crippen molar-refractivity contribution in [3.05, 3.63) is 92.0 Å². The molecule has 1 aromatic heterocycles. The van der Waals surface area contributed by atoms with Gasteiger partial charge in [0.1, 0.15) is 17.2 Å². The van der Waals surface area contributed by atoms with Gasteiger partial charge in [-0.25, -0.2) is 9.18 Å². The first-order chi connectivity index (χ1) is 16.5. The molecule has 0 unspecified atom stereocenters. The molecule has 1 aliphatic carbocycles. The van der Waals surface area contributed by atoms with E-state index in [1.54, 1.807) is 0 Å². The fraction of sp³-hybridized carbons (Fsp3) is 0.292. The summed E-state index contributed by atoms with van der Waals surface area (Å²) in [7, 11) is 0. The van der Waals surface area contributed by atoms with Gasteiger partial charge in [0.25, 0.3) is 11.5 Å². The lowest BCUT2D eigenvalue weighted by molar-refractivity contribution is -0.137. The van der Waals surface area contributed by atoms with E-state index < -0.39 is 51.8 Å². The molecule has 1 heterocycles. The topological polar surface area (TPSA) is 110 Å². The highest BCUT2D eigenvalue weighted by Gasteiger charge is 2.33. The van der Waals surface area contributed by atoms with Crippen molar-refractivity contribution in [3.63, 3.8) is 0 Å². The summed E-state index contributed by atoms with van der Waals surface area (Å²) in [5.41, 5.74) is 1.39. The molecule has 4 N–H and O–H groups in total. The van der Waals surface area contributed by atoms with Crippen LogP contribution in [0.25, 0.3) is 5.69 Å². The van der Waals surface area contributed by atoms with E-state index in [1.807, 2.05) is 35.3 Å². The third-order valence-electron chi connectivity index (χ3n) is 6.16. The number of hydrogen-bond donors (Lipinski definition) is 3. The summed E-state index contributed by atoms with van der Waals surface area (Å²) in [4.78, 5) is 39.6. The lowest BCUT2D eigenvalue weighted by Crippen LogP contribution is -2.43. The fourth-order valence-corrected chi connectivity index (χ4v) is 4.44. The van der Waals surface area contributed by atoms with Gasteiger partial charge in [-0.3, -0.25) is 19.1 Å². The molecule has 35 heavy (non-hydrogen) atoms. The Morgan fingerprint density at radius 3 is 2.31 bits per heavy atom. The molecule has 1 aliphatic rings. The van der Waals surface area contributed by atoms with Gasteiger partial charge in [-0.1, -0.05) is 30.3 Å².